The zero-order valence-electron chi connectivity index (χ0n) is 8.52. The summed E-state index contributed by atoms with van der Waals surface area (Å²) in [5.74, 6) is -1.62. The Hall–Kier alpha value is -1.10. The number of rotatable bonds is 6. The van der Waals surface area contributed by atoms with Crippen molar-refractivity contribution in [1.29, 1.82) is 0 Å². The minimum atomic E-state index is -0.812. The lowest BCUT2D eigenvalue weighted by atomic mass is 10.1. The molecule has 0 amide bonds. The standard InChI is InChI=1S/C10H16O5/c11-9(12)5-3-7-1-2-8(15-7)4-6-10(13)14/h7-8H,1-6H2,(H,11,12)(H,13,14). The van der Waals surface area contributed by atoms with E-state index in [9.17, 15) is 9.59 Å². The van der Waals surface area contributed by atoms with Crippen LogP contribution >= 0.6 is 0 Å². The summed E-state index contributed by atoms with van der Waals surface area (Å²) >= 11 is 0. The molecule has 1 rings (SSSR count). The van der Waals surface area contributed by atoms with E-state index in [0.717, 1.165) is 12.8 Å². The van der Waals surface area contributed by atoms with Crippen molar-refractivity contribution in [2.24, 2.45) is 0 Å². The summed E-state index contributed by atoms with van der Waals surface area (Å²) in [6.07, 6.45) is 2.99. The first-order valence-electron chi connectivity index (χ1n) is 5.17. The van der Waals surface area contributed by atoms with Gasteiger partial charge in [0.15, 0.2) is 0 Å². The van der Waals surface area contributed by atoms with Gasteiger partial charge in [-0.15, -0.1) is 0 Å². The molecule has 2 N–H and O–H groups in total. The van der Waals surface area contributed by atoms with Crippen LogP contribution in [0.2, 0.25) is 0 Å². The molecule has 0 aromatic rings. The Morgan fingerprint density at radius 1 is 1.00 bits per heavy atom. The molecule has 1 saturated heterocycles. The van der Waals surface area contributed by atoms with Crippen molar-refractivity contribution in [3.8, 4) is 0 Å². The van der Waals surface area contributed by atoms with Gasteiger partial charge in [0, 0.05) is 12.8 Å². The molecule has 1 fully saturated rings. The van der Waals surface area contributed by atoms with Gasteiger partial charge in [-0.25, -0.2) is 0 Å². The molecule has 2 atom stereocenters. The van der Waals surface area contributed by atoms with E-state index in [2.05, 4.69) is 0 Å². The second kappa shape index (κ2) is 5.70. The Bertz CT molecular complexity index is 214. The van der Waals surface area contributed by atoms with Crippen molar-refractivity contribution < 1.29 is 24.5 Å². The molecule has 2 unspecified atom stereocenters. The van der Waals surface area contributed by atoms with Crippen LogP contribution in [0.1, 0.15) is 38.5 Å². The summed E-state index contributed by atoms with van der Waals surface area (Å²) in [6, 6.07) is 0. The van der Waals surface area contributed by atoms with E-state index in [1.807, 2.05) is 0 Å². The van der Waals surface area contributed by atoms with Crippen LogP contribution in [0.25, 0.3) is 0 Å². The molecular formula is C10H16O5. The van der Waals surface area contributed by atoms with Crippen LogP contribution in [0.5, 0.6) is 0 Å². The second-order valence-corrected chi connectivity index (χ2v) is 3.82. The Morgan fingerprint density at radius 2 is 1.40 bits per heavy atom. The summed E-state index contributed by atoms with van der Waals surface area (Å²) in [5.41, 5.74) is 0. The van der Waals surface area contributed by atoms with E-state index in [1.54, 1.807) is 0 Å². The molecule has 0 aromatic heterocycles. The number of ether oxygens (including phenoxy) is 1. The third-order valence-corrected chi connectivity index (χ3v) is 2.56. The lowest BCUT2D eigenvalue weighted by Gasteiger charge is -2.11. The Morgan fingerprint density at radius 3 is 1.73 bits per heavy atom. The lowest BCUT2D eigenvalue weighted by molar-refractivity contribution is -0.138. The van der Waals surface area contributed by atoms with Gasteiger partial charge in [0.2, 0.25) is 0 Å². The molecule has 0 saturated carbocycles. The van der Waals surface area contributed by atoms with Crippen LogP contribution in [0.3, 0.4) is 0 Å². The predicted molar refractivity (Wildman–Crippen MR) is 51.6 cm³/mol. The van der Waals surface area contributed by atoms with Gasteiger partial charge < -0.3 is 14.9 Å². The van der Waals surface area contributed by atoms with E-state index in [0.29, 0.717) is 12.8 Å². The number of aliphatic carboxylic acids is 2. The number of carbonyl (C=O) groups is 2. The van der Waals surface area contributed by atoms with Crippen LogP contribution in [-0.4, -0.2) is 34.4 Å². The minimum absolute atomic E-state index is 0.0000973. The molecule has 5 heteroatoms. The molecule has 0 bridgehead atoms. The summed E-state index contributed by atoms with van der Waals surface area (Å²) in [4.78, 5) is 20.6. The van der Waals surface area contributed by atoms with Gasteiger partial charge >= 0.3 is 11.9 Å². The van der Waals surface area contributed by atoms with Crippen molar-refractivity contribution in [1.82, 2.24) is 0 Å². The van der Waals surface area contributed by atoms with E-state index < -0.39 is 11.9 Å². The third-order valence-electron chi connectivity index (χ3n) is 2.56. The molecular weight excluding hydrogens is 200 g/mol. The van der Waals surface area contributed by atoms with E-state index in [-0.39, 0.29) is 25.0 Å². The highest BCUT2D eigenvalue weighted by molar-refractivity contribution is 5.67. The molecule has 1 aliphatic heterocycles. The molecule has 5 nitrogen and oxygen atoms in total. The maximum atomic E-state index is 10.3. The second-order valence-electron chi connectivity index (χ2n) is 3.82. The van der Waals surface area contributed by atoms with Crippen molar-refractivity contribution in [3.63, 3.8) is 0 Å². The smallest absolute Gasteiger partial charge is 0.303 e. The SMILES string of the molecule is O=C(O)CCC1CCC(CCC(=O)O)O1. The van der Waals surface area contributed by atoms with Gasteiger partial charge in [-0.1, -0.05) is 0 Å². The van der Waals surface area contributed by atoms with Gasteiger partial charge in [0.25, 0.3) is 0 Å². The Balaban J connectivity index is 2.15. The molecule has 1 aliphatic rings. The fourth-order valence-corrected chi connectivity index (χ4v) is 1.77. The fraction of sp³-hybridized carbons (Fsp3) is 0.800. The van der Waals surface area contributed by atoms with Crippen LogP contribution < -0.4 is 0 Å². The summed E-state index contributed by atoms with van der Waals surface area (Å²) in [6.45, 7) is 0. The first-order valence-corrected chi connectivity index (χ1v) is 5.17. The monoisotopic (exact) mass is 216 g/mol. The molecule has 0 aliphatic carbocycles. The van der Waals surface area contributed by atoms with E-state index in [1.165, 1.54) is 0 Å². The topological polar surface area (TPSA) is 83.8 Å². The average molecular weight is 216 g/mol. The maximum Gasteiger partial charge on any atom is 0.303 e. The molecule has 1 heterocycles. The van der Waals surface area contributed by atoms with Crippen LogP contribution in [-0.2, 0) is 14.3 Å². The summed E-state index contributed by atoms with van der Waals surface area (Å²) < 4.78 is 5.54. The number of hydrogen-bond donors (Lipinski definition) is 2. The highest BCUT2D eigenvalue weighted by Gasteiger charge is 2.25. The van der Waals surface area contributed by atoms with Gasteiger partial charge in [0.05, 0.1) is 12.2 Å². The first-order chi connectivity index (χ1) is 7.08. The van der Waals surface area contributed by atoms with Crippen LogP contribution in [0, 0.1) is 0 Å². The zero-order valence-corrected chi connectivity index (χ0v) is 8.52. The fourth-order valence-electron chi connectivity index (χ4n) is 1.77. The maximum absolute atomic E-state index is 10.3. The minimum Gasteiger partial charge on any atom is -0.481 e. The molecule has 0 aromatic carbocycles. The average Bonchev–Trinajstić information content (AvgIpc) is 2.59. The van der Waals surface area contributed by atoms with Crippen molar-refractivity contribution >= 4 is 11.9 Å². The lowest BCUT2D eigenvalue weighted by Crippen LogP contribution is -2.13. The quantitative estimate of drug-likeness (QED) is 0.698. The molecule has 0 radical (unpaired) electrons. The van der Waals surface area contributed by atoms with Crippen molar-refractivity contribution in [2.75, 3.05) is 0 Å². The van der Waals surface area contributed by atoms with Gasteiger partial charge in [-0.2, -0.15) is 0 Å². The zero-order chi connectivity index (χ0) is 11.3. The van der Waals surface area contributed by atoms with E-state index in [4.69, 9.17) is 14.9 Å². The van der Waals surface area contributed by atoms with Crippen LogP contribution in [0.15, 0.2) is 0 Å². The summed E-state index contributed by atoms with van der Waals surface area (Å²) in [5, 5.41) is 17.0. The third kappa shape index (κ3) is 4.78. The number of carboxylic acids is 2. The van der Waals surface area contributed by atoms with Gasteiger partial charge in [-0.05, 0) is 25.7 Å². The van der Waals surface area contributed by atoms with Crippen molar-refractivity contribution in [3.05, 3.63) is 0 Å². The van der Waals surface area contributed by atoms with Gasteiger partial charge in [-0.3, -0.25) is 9.59 Å². The summed E-state index contributed by atoms with van der Waals surface area (Å²) in [7, 11) is 0. The number of carboxylic acid groups (broad SMARTS) is 2. The van der Waals surface area contributed by atoms with E-state index >= 15 is 0 Å². The van der Waals surface area contributed by atoms with Gasteiger partial charge in [0.1, 0.15) is 0 Å². The Labute approximate surface area is 88.0 Å². The molecule has 15 heavy (non-hydrogen) atoms. The highest BCUT2D eigenvalue weighted by atomic mass is 16.5. The molecule has 0 spiro atoms. The Kier molecular flexibility index (Phi) is 4.55. The molecule has 86 valence electrons. The van der Waals surface area contributed by atoms with Crippen LogP contribution in [0.4, 0.5) is 0 Å². The predicted octanol–water partition coefficient (Wildman–Crippen LogP) is 1.26. The van der Waals surface area contributed by atoms with Crippen molar-refractivity contribution in [2.45, 2.75) is 50.7 Å². The largest absolute Gasteiger partial charge is 0.481 e. The normalized spacial score (nSPS) is 25.3. The number of hydrogen-bond acceptors (Lipinski definition) is 3. The highest BCUT2D eigenvalue weighted by Crippen LogP contribution is 2.25. The first kappa shape index (κ1) is 12.0.